The monoisotopic (exact) mass is 351 g/mol. The van der Waals surface area contributed by atoms with Crippen LogP contribution >= 0.6 is 15.9 Å². The highest BCUT2D eigenvalue weighted by atomic mass is 79.9. The number of nitrogens with one attached hydrogen (secondary N) is 1. The molecule has 0 fully saturated rings. The molecule has 2 aliphatic heterocycles. The van der Waals surface area contributed by atoms with Gasteiger partial charge in [0.15, 0.2) is 0 Å². The number of hydrogen-bond donors (Lipinski definition) is 2. The number of hydrogen-bond acceptors (Lipinski definition) is 4. The predicted molar refractivity (Wildman–Crippen MR) is 86.5 cm³/mol. The SMILES string of the molecule is COCC1=CCN(c2cc3c(cc2Br)C(N)C(=O)N3)CC1. The molecule has 0 saturated carbocycles. The molecule has 0 aliphatic carbocycles. The number of nitrogens with two attached hydrogens (primary N) is 1. The van der Waals surface area contributed by atoms with Crippen molar-refractivity contribution >= 4 is 33.2 Å². The number of rotatable bonds is 3. The summed E-state index contributed by atoms with van der Waals surface area (Å²) in [4.78, 5) is 13.9. The molecule has 1 aromatic rings. The molecule has 2 aliphatic rings. The highest BCUT2D eigenvalue weighted by molar-refractivity contribution is 9.10. The summed E-state index contributed by atoms with van der Waals surface area (Å²) < 4.78 is 6.14. The van der Waals surface area contributed by atoms with E-state index in [-0.39, 0.29) is 5.91 Å². The van der Waals surface area contributed by atoms with E-state index >= 15 is 0 Å². The third kappa shape index (κ3) is 2.71. The van der Waals surface area contributed by atoms with E-state index in [4.69, 9.17) is 10.5 Å². The number of benzene rings is 1. The highest BCUT2D eigenvalue weighted by Gasteiger charge is 2.29. The van der Waals surface area contributed by atoms with Crippen molar-refractivity contribution in [1.82, 2.24) is 0 Å². The summed E-state index contributed by atoms with van der Waals surface area (Å²) >= 11 is 3.60. The number of carbonyl (C=O) groups is 1. The minimum absolute atomic E-state index is 0.144. The van der Waals surface area contributed by atoms with Crippen molar-refractivity contribution in [1.29, 1.82) is 0 Å². The van der Waals surface area contributed by atoms with Crippen LogP contribution in [-0.4, -0.2) is 32.7 Å². The molecule has 2 heterocycles. The van der Waals surface area contributed by atoms with Gasteiger partial charge >= 0.3 is 0 Å². The molecule has 0 aromatic heterocycles. The summed E-state index contributed by atoms with van der Waals surface area (Å²) in [5.41, 5.74) is 9.95. The van der Waals surface area contributed by atoms with Crippen LogP contribution in [-0.2, 0) is 9.53 Å². The van der Waals surface area contributed by atoms with E-state index in [0.717, 1.165) is 40.9 Å². The first kappa shape index (κ1) is 14.6. The number of fused-ring (bicyclic) bond motifs is 1. The molecule has 1 aromatic carbocycles. The van der Waals surface area contributed by atoms with Crippen molar-refractivity contribution < 1.29 is 9.53 Å². The molecule has 1 amide bonds. The average Bonchev–Trinajstić information content (AvgIpc) is 2.75. The van der Waals surface area contributed by atoms with Crippen LogP contribution in [0.5, 0.6) is 0 Å². The molecular formula is C15H18BrN3O2. The van der Waals surface area contributed by atoms with Gasteiger partial charge in [-0.3, -0.25) is 4.79 Å². The lowest BCUT2D eigenvalue weighted by Crippen LogP contribution is -2.29. The molecule has 5 nitrogen and oxygen atoms in total. The van der Waals surface area contributed by atoms with Crippen LogP contribution < -0.4 is 16.0 Å². The Bertz CT molecular complexity index is 615. The van der Waals surface area contributed by atoms with E-state index in [9.17, 15) is 4.79 Å². The van der Waals surface area contributed by atoms with Crippen LogP contribution in [0.3, 0.4) is 0 Å². The summed E-state index contributed by atoms with van der Waals surface area (Å²) in [6.45, 7) is 2.48. The molecule has 6 heteroatoms. The van der Waals surface area contributed by atoms with Crippen LogP contribution in [0, 0.1) is 0 Å². The number of anilines is 2. The molecule has 1 unspecified atom stereocenters. The number of amides is 1. The van der Waals surface area contributed by atoms with Gasteiger partial charge in [0.25, 0.3) is 0 Å². The zero-order chi connectivity index (χ0) is 15.0. The standard InChI is InChI=1S/C15H18BrN3O2/c1-21-8-9-2-4-19(5-3-9)13-7-12-10(6-11(13)16)14(17)15(20)18-12/h2,6-7,14H,3-5,8,17H2,1H3,(H,18,20). The van der Waals surface area contributed by atoms with E-state index in [1.54, 1.807) is 7.11 Å². The van der Waals surface area contributed by atoms with E-state index in [2.05, 4.69) is 32.2 Å². The van der Waals surface area contributed by atoms with Gasteiger partial charge < -0.3 is 20.7 Å². The lowest BCUT2D eigenvalue weighted by Gasteiger charge is -2.29. The van der Waals surface area contributed by atoms with Crippen LogP contribution in [0.4, 0.5) is 11.4 Å². The Morgan fingerprint density at radius 1 is 1.52 bits per heavy atom. The first-order valence-electron chi connectivity index (χ1n) is 6.92. The molecule has 0 spiro atoms. The Hall–Kier alpha value is -1.37. The average molecular weight is 352 g/mol. The summed E-state index contributed by atoms with van der Waals surface area (Å²) in [5, 5.41) is 2.84. The van der Waals surface area contributed by atoms with Crippen molar-refractivity contribution in [2.24, 2.45) is 5.73 Å². The number of carbonyl (C=O) groups excluding carboxylic acids is 1. The van der Waals surface area contributed by atoms with Crippen LogP contribution in [0.2, 0.25) is 0 Å². The quantitative estimate of drug-likeness (QED) is 0.819. The van der Waals surface area contributed by atoms with Gasteiger partial charge in [-0.05, 0) is 40.1 Å². The van der Waals surface area contributed by atoms with Crippen molar-refractivity contribution in [2.45, 2.75) is 12.5 Å². The molecule has 3 N–H and O–H groups in total. The molecule has 0 bridgehead atoms. The smallest absolute Gasteiger partial charge is 0.245 e. The number of methoxy groups -OCH3 is 1. The van der Waals surface area contributed by atoms with Gasteiger partial charge in [-0.1, -0.05) is 6.08 Å². The Morgan fingerprint density at radius 2 is 2.33 bits per heavy atom. The number of ether oxygens (including phenoxy) is 1. The summed E-state index contributed by atoms with van der Waals surface area (Å²) in [6.07, 6.45) is 3.19. The fourth-order valence-corrected chi connectivity index (χ4v) is 3.40. The van der Waals surface area contributed by atoms with Gasteiger partial charge in [0, 0.05) is 35.9 Å². The van der Waals surface area contributed by atoms with Crippen LogP contribution in [0.1, 0.15) is 18.0 Å². The second kappa shape index (κ2) is 5.79. The van der Waals surface area contributed by atoms with Crippen molar-refractivity contribution in [3.63, 3.8) is 0 Å². The van der Waals surface area contributed by atoms with E-state index < -0.39 is 6.04 Å². The minimum atomic E-state index is -0.570. The first-order valence-corrected chi connectivity index (χ1v) is 7.71. The Labute approximate surface area is 132 Å². The normalized spacial score (nSPS) is 21.1. The third-order valence-corrected chi connectivity index (χ3v) is 4.60. The molecular weight excluding hydrogens is 334 g/mol. The predicted octanol–water partition coefficient (Wildman–Crippen LogP) is 2.18. The van der Waals surface area contributed by atoms with E-state index in [1.807, 2.05) is 12.1 Å². The third-order valence-electron chi connectivity index (χ3n) is 3.97. The van der Waals surface area contributed by atoms with E-state index in [0.29, 0.717) is 6.61 Å². The Morgan fingerprint density at radius 3 is 3.00 bits per heavy atom. The maximum atomic E-state index is 11.7. The first-order chi connectivity index (χ1) is 10.1. The second-order valence-corrected chi connectivity index (χ2v) is 6.20. The van der Waals surface area contributed by atoms with Gasteiger partial charge in [-0.15, -0.1) is 0 Å². The Kier molecular flexibility index (Phi) is 4.01. The zero-order valence-electron chi connectivity index (χ0n) is 11.9. The van der Waals surface area contributed by atoms with Crippen molar-refractivity contribution in [3.05, 3.63) is 33.8 Å². The van der Waals surface area contributed by atoms with Gasteiger partial charge in [0.05, 0.1) is 12.3 Å². The number of halogens is 1. The summed E-state index contributed by atoms with van der Waals surface area (Å²) in [6, 6.07) is 3.38. The fraction of sp³-hybridized carbons (Fsp3) is 0.400. The molecule has 1 atom stereocenters. The minimum Gasteiger partial charge on any atom is -0.380 e. The van der Waals surface area contributed by atoms with E-state index in [1.165, 1.54) is 5.57 Å². The highest BCUT2D eigenvalue weighted by Crippen LogP contribution is 2.38. The Balaban J connectivity index is 1.85. The van der Waals surface area contributed by atoms with Gasteiger partial charge in [-0.2, -0.15) is 0 Å². The summed E-state index contributed by atoms with van der Waals surface area (Å²) in [7, 11) is 1.72. The maximum Gasteiger partial charge on any atom is 0.245 e. The van der Waals surface area contributed by atoms with Gasteiger partial charge in [-0.25, -0.2) is 0 Å². The number of nitrogens with zero attached hydrogens (tertiary/aromatic N) is 1. The molecule has 21 heavy (non-hydrogen) atoms. The molecule has 0 saturated heterocycles. The zero-order valence-corrected chi connectivity index (χ0v) is 13.4. The second-order valence-electron chi connectivity index (χ2n) is 5.35. The lowest BCUT2D eigenvalue weighted by molar-refractivity contribution is -0.116. The lowest BCUT2D eigenvalue weighted by atomic mass is 10.1. The molecule has 112 valence electrons. The fourth-order valence-electron chi connectivity index (χ4n) is 2.78. The van der Waals surface area contributed by atoms with Crippen LogP contribution in [0.25, 0.3) is 0 Å². The molecule has 3 rings (SSSR count). The largest absolute Gasteiger partial charge is 0.380 e. The van der Waals surface area contributed by atoms with Crippen LogP contribution in [0.15, 0.2) is 28.3 Å². The topological polar surface area (TPSA) is 67.6 Å². The maximum absolute atomic E-state index is 11.7. The summed E-state index contributed by atoms with van der Waals surface area (Å²) in [5.74, 6) is -0.144. The van der Waals surface area contributed by atoms with Gasteiger partial charge in [0.2, 0.25) is 5.91 Å². The van der Waals surface area contributed by atoms with Gasteiger partial charge in [0.1, 0.15) is 6.04 Å². The molecule has 0 radical (unpaired) electrons. The van der Waals surface area contributed by atoms with Crippen molar-refractivity contribution in [2.75, 3.05) is 37.0 Å². The van der Waals surface area contributed by atoms with Crippen molar-refractivity contribution in [3.8, 4) is 0 Å².